The van der Waals surface area contributed by atoms with Crippen molar-refractivity contribution in [2.24, 2.45) is 5.92 Å². The molecule has 23 heavy (non-hydrogen) atoms. The van der Waals surface area contributed by atoms with Gasteiger partial charge in [0.1, 0.15) is 0 Å². The van der Waals surface area contributed by atoms with Crippen molar-refractivity contribution in [3.05, 3.63) is 48.8 Å². The molecule has 2 aromatic rings. The highest BCUT2D eigenvalue weighted by Crippen LogP contribution is 2.20. The minimum Gasteiger partial charge on any atom is -0.340 e. The minimum atomic E-state index is -0.0567. The van der Waals surface area contributed by atoms with Crippen LogP contribution in [0.3, 0.4) is 0 Å². The molecular formula is C17H21N5O. The van der Waals surface area contributed by atoms with Crippen molar-refractivity contribution in [2.45, 2.75) is 12.8 Å². The second-order valence-corrected chi connectivity index (χ2v) is 5.70. The fourth-order valence-electron chi connectivity index (χ4n) is 2.80. The van der Waals surface area contributed by atoms with Crippen LogP contribution in [0.5, 0.6) is 0 Å². The molecule has 1 aromatic heterocycles. The Bertz CT molecular complexity index is 634. The molecule has 0 aliphatic carbocycles. The lowest BCUT2D eigenvalue weighted by Crippen LogP contribution is -2.48. The quantitative estimate of drug-likeness (QED) is 0.873. The van der Waals surface area contributed by atoms with Crippen LogP contribution in [0, 0.1) is 5.92 Å². The molecule has 0 radical (unpaired) electrons. The average molecular weight is 311 g/mol. The molecule has 2 heterocycles. The first-order valence-corrected chi connectivity index (χ1v) is 7.85. The summed E-state index contributed by atoms with van der Waals surface area (Å²) in [6.07, 6.45) is 5.31. The smallest absolute Gasteiger partial charge is 0.243 e. The van der Waals surface area contributed by atoms with Gasteiger partial charge in [-0.3, -0.25) is 15.2 Å². The Morgan fingerprint density at radius 2 is 1.96 bits per heavy atom. The van der Waals surface area contributed by atoms with Crippen molar-refractivity contribution >= 4 is 17.5 Å². The third-order valence-corrected chi connectivity index (χ3v) is 4.05. The number of carbonyl (C=O) groups is 1. The summed E-state index contributed by atoms with van der Waals surface area (Å²) in [5, 5.41) is 1.76. The van der Waals surface area contributed by atoms with Gasteiger partial charge >= 0.3 is 0 Å². The molecule has 0 unspecified atom stereocenters. The highest BCUT2D eigenvalue weighted by Gasteiger charge is 2.27. The van der Waals surface area contributed by atoms with Crippen LogP contribution in [0.1, 0.15) is 12.8 Å². The average Bonchev–Trinajstić information content (AvgIpc) is 2.63. The molecule has 0 saturated carbocycles. The third kappa shape index (κ3) is 3.77. The van der Waals surface area contributed by atoms with Gasteiger partial charge in [0.2, 0.25) is 11.9 Å². The number of aromatic nitrogens is 2. The lowest BCUT2D eigenvalue weighted by Gasteiger charge is -2.33. The molecule has 1 aromatic carbocycles. The standard InChI is InChI=1S/C17H21N5O/c1-21(15-8-3-2-4-9-15)20-16(23)14-7-5-12-22(13-14)17-18-10-6-11-19-17/h2-4,6,8-11,14H,5,7,12-13H2,1H3,(H,20,23)/t14-/m1/s1. The molecule has 1 fully saturated rings. The van der Waals surface area contributed by atoms with Gasteiger partial charge in [0, 0.05) is 32.5 Å². The number of benzene rings is 1. The van der Waals surface area contributed by atoms with Gasteiger partial charge in [-0.25, -0.2) is 9.97 Å². The summed E-state index contributed by atoms with van der Waals surface area (Å²) in [7, 11) is 1.86. The van der Waals surface area contributed by atoms with E-state index < -0.39 is 0 Å². The van der Waals surface area contributed by atoms with E-state index in [4.69, 9.17) is 0 Å². The van der Waals surface area contributed by atoms with Crippen LogP contribution in [-0.4, -0.2) is 36.0 Å². The number of hydrazine groups is 1. The monoisotopic (exact) mass is 311 g/mol. The summed E-state index contributed by atoms with van der Waals surface area (Å²) in [6.45, 7) is 1.54. The summed E-state index contributed by atoms with van der Waals surface area (Å²) in [4.78, 5) is 23.2. The van der Waals surface area contributed by atoms with Gasteiger partial charge in [-0.2, -0.15) is 0 Å². The zero-order valence-corrected chi connectivity index (χ0v) is 13.2. The topological polar surface area (TPSA) is 61.4 Å². The Morgan fingerprint density at radius 3 is 2.70 bits per heavy atom. The van der Waals surface area contributed by atoms with E-state index in [9.17, 15) is 4.79 Å². The van der Waals surface area contributed by atoms with Crippen molar-refractivity contribution in [2.75, 3.05) is 30.0 Å². The van der Waals surface area contributed by atoms with Crippen LogP contribution in [0.15, 0.2) is 48.8 Å². The van der Waals surface area contributed by atoms with Crippen molar-refractivity contribution in [3.8, 4) is 0 Å². The van der Waals surface area contributed by atoms with Crippen LogP contribution in [0.2, 0.25) is 0 Å². The van der Waals surface area contributed by atoms with Gasteiger partial charge in [-0.1, -0.05) is 18.2 Å². The maximum atomic E-state index is 12.5. The predicted octanol–water partition coefficient (Wildman–Crippen LogP) is 1.86. The molecule has 6 nitrogen and oxygen atoms in total. The maximum absolute atomic E-state index is 12.5. The molecule has 6 heteroatoms. The summed E-state index contributed by atoms with van der Waals surface area (Å²) in [5.41, 5.74) is 3.92. The lowest BCUT2D eigenvalue weighted by molar-refractivity contribution is -0.125. The normalized spacial score (nSPS) is 17.6. The number of rotatable bonds is 4. The van der Waals surface area contributed by atoms with Crippen molar-refractivity contribution in [1.82, 2.24) is 15.4 Å². The molecule has 0 bridgehead atoms. The number of nitrogens with zero attached hydrogens (tertiary/aromatic N) is 4. The SMILES string of the molecule is CN(NC(=O)[C@@H]1CCCN(c2ncccn2)C1)c1ccccc1. The first kappa shape index (κ1) is 15.3. The maximum Gasteiger partial charge on any atom is 0.243 e. The van der Waals surface area contributed by atoms with Gasteiger partial charge in [0.05, 0.1) is 11.6 Å². The Labute approximate surface area is 136 Å². The molecule has 1 atom stereocenters. The number of hydrogen-bond donors (Lipinski definition) is 1. The summed E-state index contributed by atoms with van der Waals surface area (Å²) < 4.78 is 0. The highest BCUT2D eigenvalue weighted by molar-refractivity contribution is 5.81. The van der Waals surface area contributed by atoms with E-state index in [1.807, 2.05) is 37.4 Å². The molecule has 0 spiro atoms. The largest absolute Gasteiger partial charge is 0.340 e. The summed E-state index contributed by atoms with van der Waals surface area (Å²) >= 11 is 0. The van der Waals surface area contributed by atoms with Crippen molar-refractivity contribution in [3.63, 3.8) is 0 Å². The number of amides is 1. The Hall–Kier alpha value is -2.63. The summed E-state index contributed by atoms with van der Waals surface area (Å²) in [5.74, 6) is 0.678. The van der Waals surface area contributed by atoms with E-state index in [-0.39, 0.29) is 11.8 Å². The number of piperidine rings is 1. The first-order valence-electron chi connectivity index (χ1n) is 7.85. The third-order valence-electron chi connectivity index (χ3n) is 4.05. The second-order valence-electron chi connectivity index (χ2n) is 5.70. The fourth-order valence-corrected chi connectivity index (χ4v) is 2.80. The lowest BCUT2D eigenvalue weighted by atomic mass is 9.97. The highest BCUT2D eigenvalue weighted by atomic mass is 16.2. The Balaban J connectivity index is 1.61. The van der Waals surface area contributed by atoms with E-state index in [2.05, 4.69) is 20.3 Å². The van der Waals surface area contributed by atoms with Gasteiger partial charge < -0.3 is 4.90 Å². The Kier molecular flexibility index (Phi) is 4.71. The van der Waals surface area contributed by atoms with Crippen molar-refractivity contribution in [1.29, 1.82) is 0 Å². The molecular weight excluding hydrogens is 290 g/mol. The van der Waals surface area contributed by atoms with Gasteiger partial charge in [0.25, 0.3) is 0 Å². The number of hydrogen-bond acceptors (Lipinski definition) is 5. The number of nitrogens with one attached hydrogen (secondary N) is 1. The van der Waals surface area contributed by atoms with Crippen molar-refractivity contribution < 1.29 is 4.79 Å². The first-order chi connectivity index (χ1) is 11.2. The van der Waals surface area contributed by atoms with Gasteiger partial charge in [-0.15, -0.1) is 0 Å². The van der Waals surface area contributed by atoms with E-state index in [0.717, 1.165) is 25.1 Å². The molecule has 1 amide bonds. The van der Waals surface area contributed by atoms with Crippen LogP contribution in [0.25, 0.3) is 0 Å². The molecule has 120 valence electrons. The molecule has 1 saturated heterocycles. The number of para-hydroxylation sites is 1. The van der Waals surface area contributed by atoms with E-state index >= 15 is 0 Å². The minimum absolute atomic E-state index is 0.0389. The molecule has 3 rings (SSSR count). The van der Waals surface area contributed by atoms with Crippen LogP contribution >= 0.6 is 0 Å². The fraction of sp³-hybridized carbons (Fsp3) is 0.353. The number of anilines is 2. The molecule has 1 aliphatic heterocycles. The van der Waals surface area contributed by atoms with E-state index in [1.165, 1.54) is 0 Å². The van der Waals surface area contributed by atoms with E-state index in [1.54, 1.807) is 23.5 Å². The van der Waals surface area contributed by atoms with Crippen LogP contribution in [0.4, 0.5) is 11.6 Å². The molecule has 1 N–H and O–H groups in total. The zero-order valence-electron chi connectivity index (χ0n) is 13.2. The van der Waals surface area contributed by atoms with Gasteiger partial charge in [0.15, 0.2) is 0 Å². The summed E-state index contributed by atoms with van der Waals surface area (Å²) in [6, 6.07) is 11.6. The molecule has 1 aliphatic rings. The second kappa shape index (κ2) is 7.09. The van der Waals surface area contributed by atoms with Gasteiger partial charge in [-0.05, 0) is 31.0 Å². The van der Waals surface area contributed by atoms with Crippen LogP contribution in [-0.2, 0) is 4.79 Å². The number of carbonyl (C=O) groups excluding carboxylic acids is 1. The Morgan fingerprint density at radius 1 is 1.22 bits per heavy atom. The zero-order chi connectivity index (χ0) is 16.1. The van der Waals surface area contributed by atoms with Crippen LogP contribution < -0.4 is 15.3 Å². The van der Waals surface area contributed by atoms with E-state index in [0.29, 0.717) is 12.5 Å². The predicted molar refractivity (Wildman–Crippen MR) is 90.0 cm³/mol.